The molecule has 0 unspecified atom stereocenters. The molecule has 3 rings (SSSR count). The first-order valence-corrected chi connectivity index (χ1v) is 11.2. The Balaban J connectivity index is 1.93. The Morgan fingerprint density at radius 2 is 1.71 bits per heavy atom. The highest BCUT2D eigenvalue weighted by Crippen LogP contribution is 2.53. The van der Waals surface area contributed by atoms with E-state index in [-0.39, 0.29) is 22.4 Å². The molecule has 0 heterocycles. The Bertz CT molecular complexity index is 1090. The van der Waals surface area contributed by atoms with E-state index in [2.05, 4.69) is 5.32 Å². The summed E-state index contributed by atoms with van der Waals surface area (Å²) < 4.78 is 27.1. The zero-order valence-electron chi connectivity index (χ0n) is 17.6. The Hall–Kier alpha value is -3.20. The van der Waals surface area contributed by atoms with Crippen LogP contribution in [0.3, 0.4) is 0 Å². The number of methoxy groups -OCH3 is 1. The van der Waals surface area contributed by atoms with Crippen LogP contribution in [0.4, 0.5) is 5.69 Å². The molecule has 0 aliphatic heterocycles. The van der Waals surface area contributed by atoms with Crippen LogP contribution in [0.15, 0.2) is 71.6 Å². The molecule has 0 atom stereocenters. The normalized spacial score (nSPS) is 11.6. The van der Waals surface area contributed by atoms with Crippen LogP contribution in [0, 0.1) is 0 Å². The molecule has 4 N–H and O–H groups in total. The van der Waals surface area contributed by atoms with E-state index in [0.717, 1.165) is 11.1 Å². The second kappa shape index (κ2) is 9.30. The van der Waals surface area contributed by atoms with Crippen molar-refractivity contribution in [2.45, 2.75) is 4.90 Å². The van der Waals surface area contributed by atoms with E-state index >= 15 is 0 Å². The summed E-state index contributed by atoms with van der Waals surface area (Å²) in [6.07, 6.45) is 0. The van der Waals surface area contributed by atoms with Gasteiger partial charge in [-0.1, -0.05) is 24.3 Å². The summed E-state index contributed by atoms with van der Waals surface area (Å²) in [6, 6.07) is 18.7. The van der Waals surface area contributed by atoms with Crippen LogP contribution in [-0.4, -0.2) is 52.1 Å². The number of carbonyl (C=O) groups excluding carboxylic acids is 1. The van der Waals surface area contributed by atoms with E-state index in [1.54, 1.807) is 62.6 Å². The maximum Gasteiger partial charge on any atom is 0.253 e. The lowest BCUT2D eigenvalue weighted by Gasteiger charge is -2.34. The lowest BCUT2D eigenvalue weighted by molar-refractivity contribution is 0.0827. The number of carbonyl (C=O) groups is 1. The van der Waals surface area contributed by atoms with Gasteiger partial charge in [-0.05, 0) is 47.5 Å². The molecular formula is C23H26N2O5S. The van der Waals surface area contributed by atoms with Gasteiger partial charge in [-0.3, -0.25) is 13.9 Å². The number of anilines is 1. The number of rotatable bonds is 7. The molecule has 7 nitrogen and oxygen atoms in total. The number of phenolic OH excluding ortho intramolecular Hbond substituents is 1. The molecule has 164 valence electrons. The molecule has 0 saturated carbocycles. The van der Waals surface area contributed by atoms with E-state index in [9.17, 15) is 19.0 Å². The SMILES string of the molecule is COc1ccc(-c2cccc(C(=O)N(C)C)c2)cc1S(O)(O)CNc1cccc(O)c1. The Labute approximate surface area is 183 Å². The summed E-state index contributed by atoms with van der Waals surface area (Å²) in [5, 5.41) is 12.5. The van der Waals surface area contributed by atoms with Crippen molar-refractivity contribution in [3.05, 3.63) is 72.3 Å². The molecule has 0 radical (unpaired) electrons. The molecular weight excluding hydrogens is 416 g/mol. The number of hydrogen-bond acceptors (Lipinski definition) is 6. The minimum absolute atomic E-state index is 0.0770. The number of phenols is 1. The van der Waals surface area contributed by atoms with Crippen LogP contribution >= 0.6 is 10.6 Å². The van der Waals surface area contributed by atoms with Gasteiger partial charge in [0.15, 0.2) is 0 Å². The van der Waals surface area contributed by atoms with Crippen LogP contribution in [0.2, 0.25) is 0 Å². The second-order valence-electron chi connectivity index (χ2n) is 7.18. The summed E-state index contributed by atoms with van der Waals surface area (Å²) >= 11 is 0. The number of nitrogens with zero attached hydrogens (tertiary/aromatic N) is 1. The van der Waals surface area contributed by atoms with Gasteiger partial charge >= 0.3 is 0 Å². The van der Waals surface area contributed by atoms with Gasteiger partial charge in [-0.25, -0.2) is 0 Å². The largest absolute Gasteiger partial charge is 0.508 e. The van der Waals surface area contributed by atoms with Gasteiger partial charge in [0.25, 0.3) is 5.91 Å². The summed E-state index contributed by atoms with van der Waals surface area (Å²) in [7, 11) is 1.57. The molecule has 3 aromatic carbocycles. The number of amides is 1. The average molecular weight is 443 g/mol. The molecule has 0 saturated heterocycles. The fourth-order valence-electron chi connectivity index (χ4n) is 3.08. The predicted octanol–water partition coefficient (Wildman–Crippen LogP) is 4.95. The van der Waals surface area contributed by atoms with E-state index in [4.69, 9.17) is 4.74 Å². The van der Waals surface area contributed by atoms with Crippen molar-refractivity contribution in [1.82, 2.24) is 4.90 Å². The summed E-state index contributed by atoms with van der Waals surface area (Å²) in [4.78, 5) is 14.1. The van der Waals surface area contributed by atoms with Gasteiger partial charge in [-0.15, -0.1) is 10.6 Å². The zero-order chi connectivity index (χ0) is 22.6. The third-order valence-corrected chi connectivity index (χ3v) is 6.26. The quantitative estimate of drug-likeness (QED) is 0.413. The smallest absolute Gasteiger partial charge is 0.253 e. The first-order chi connectivity index (χ1) is 14.7. The van der Waals surface area contributed by atoms with Crippen LogP contribution < -0.4 is 10.1 Å². The van der Waals surface area contributed by atoms with Gasteiger partial charge in [0.05, 0.1) is 7.11 Å². The van der Waals surface area contributed by atoms with Gasteiger partial charge in [-0.2, -0.15) is 0 Å². The van der Waals surface area contributed by atoms with Gasteiger partial charge < -0.3 is 20.1 Å². The topological polar surface area (TPSA) is 102 Å². The Morgan fingerprint density at radius 3 is 2.39 bits per heavy atom. The fraction of sp³-hybridized carbons (Fsp3) is 0.174. The summed E-state index contributed by atoms with van der Waals surface area (Å²) in [6.45, 7) is 0. The molecule has 0 spiro atoms. The molecule has 0 fully saturated rings. The van der Waals surface area contributed by atoms with E-state index in [0.29, 0.717) is 17.0 Å². The van der Waals surface area contributed by atoms with Crippen molar-refractivity contribution in [1.29, 1.82) is 0 Å². The minimum atomic E-state index is -3.28. The highest BCUT2D eigenvalue weighted by atomic mass is 32.3. The van der Waals surface area contributed by atoms with E-state index < -0.39 is 10.6 Å². The molecule has 0 bridgehead atoms. The highest BCUT2D eigenvalue weighted by Gasteiger charge is 2.22. The lowest BCUT2D eigenvalue weighted by atomic mass is 10.0. The molecule has 0 aliphatic rings. The Morgan fingerprint density at radius 1 is 1.00 bits per heavy atom. The van der Waals surface area contributed by atoms with Crippen LogP contribution in [-0.2, 0) is 0 Å². The van der Waals surface area contributed by atoms with Crippen molar-refractivity contribution < 1.29 is 23.7 Å². The average Bonchev–Trinajstić information content (AvgIpc) is 2.77. The molecule has 0 aromatic heterocycles. The molecule has 0 aliphatic carbocycles. The zero-order valence-corrected chi connectivity index (χ0v) is 18.4. The molecule has 8 heteroatoms. The lowest BCUT2D eigenvalue weighted by Crippen LogP contribution is -2.21. The van der Waals surface area contributed by atoms with Crippen LogP contribution in [0.5, 0.6) is 11.5 Å². The molecule has 3 aromatic rings. The van der Waals surface area contributed by atoms with Crippen LogP contribution in [0.1, 0.15) is 10.4 Å². The maximum absolute atomic E-state index is 12.3. The van der Waals surface area contributed by atoms with Crippen molar-refractivity contribution in [2.24, 2.45) is 0 Å². The van der Waals surface area contributed by atoms with Gasteiger partial charge in [0.2, 0.25) is 0 Å². The minimum Gasteiger partial charge on any atom is -0.508 e. The predicted molar refractivity (Wildman–Crippen MR) is 124 cm³/mol. The van der Waals surface area contributed by atoms with E-state index in [1.165, 1.54) is 24.1 Å². The second-order valence-corrected chi connectivity index (χ2v) is 9.25. The fourth-order valence-corrected chi connectivity index (χ4v) is 4.39. The highest BCUT2D eigenvalue weighted by molar-refractivity contribution is 8.24. The van der Waals surface area contributed by atoms with Crippen molar-refractivity contribution in [2.75, 3.05) is 32.4 Å². The summed E-state index contributed by atoms with van der Waals surface area (Å²) in [5.41, 5.74) is 2.59. The van der Waals surface area contributed by atoms with Crippen LogP contribution in [0.25, 0.3) is 11.1 Å². The maximum atomic E-state index is 12.3. The summed E-state index contributed by atoms with van der Waals surface area (Å²) in [5.74, 6) is 0.153. The first kappa shape index (κ1) is 22.5. The third-order valence-electron chi connectivity index (χ3n) is 4.69. The number of aromatic hydroxyl groups is 1. The number of ether oxygens (including phenoxy) is 1. The Kier molecular flexibility index (Phi) is 6.74. The number of hydrogen-bond donors (Lipinski definition) is 4. The third kappa shape index (κ3) is 5.29. The van der Waals surface area contributed by atoms with Crippen molar-refractivity contribution in [3.63, 3.8) is 0 Å². The molecule has 31 heavy (non-hydrogen) atoms. The van der Waals surface area contributed by atoms with Gasteiger partial charge in [0.1, 0.15) is 22.3 Å². The monoisotopic (exact) mass is 442 g/mol. The number of nitrogens with one attached hydrogen (secondary N) is 1. The first-order valence-electron chi connectivity index (χ1n) is 9.50. The van der Waals surface area contributed by atoms with Gasteiger partial charge in [0, 0.05) is 31.4 Å². The van der Waals surface area contributed by atoms with Crippen molar-refractivity contribution >= 4 is 22.2 Å². The number of benzene rings is 3. The van der Waals surface area contributed by atoms with E-state index in [1.807, 2.05) is 6.07 Å². The standard InChI is InChI=1S/C23H26N2O5S/c1-25(2)23(27)18-7-4-6-16(12-18)17-10-11-21(30-3)22(13-17)31(28,29)15-24-19-8-5-9-20(26)14-19/h4-14,24,26,28-29H,15H2,1-3H3. The molecule has 1 amide bonds. The van der Waals surface area contributed by atoms with Crippen molar-refractivity contribution in [3.8, 4) is 22.6 Å².